The monoisotopic (exact) mass is 280 g/mol. The van der Waals surface area contributed by atoms with Crippen molar-refractivity contribution in [3.8, 4) is 0 Å². The second kappa shape index (κ2) is 5.61. The first-order valence-corrected chi connectivity index (χ1v) is 6.05. The Bertz CT molecular complexity index is 623. The Balaban J connectivity index is 2.38. The molecule has 0 aliphatic heterocycles. The zero-order valence-electron chi connectivity index (χ0n) is 9.83. The highest BCUT2D eigenvalue weighted by atomic mass is 32.2. The smallest absolute Gasteiger partial charge is 0.283 e. The maximum Gasteiger partial charge on any atom is 0.283 e. The molecular formula is C11H9FN4O2S. The number of nitrogens with zero attached hydrogens (tertiary/aromatic N) is 3. The molecule has 1 aromatic carbocycles. The van der Waals surface area contributed by atoms with Gasteiger partial charge in [0.15, 0.2) is 5.82 Å². The van der Waals surface area contributed by atoms with Crippen LogP contribution in [0.3, 0.4) is 0 Å². The van der Waals surface area contributed by atoms with Gasteiger partial charge in [-0.3, -0.25) is 10.1 Å². The van der Waals surface area contributed by atoms with E-state index < -0.39 is 10.7 Å². The standard InChI is InChI=1S/C11H9FN4O2S/c1-13-11-14-6-7(12)10(15-11)19-9-5-3-2-4-8(9)16(17)18/h2-6H,1H3,(H,13,14,15). The molecule has 0 fully saturated rings. The number of hydrogen-bond donors (Lipinski definition) is 1. The fourth-order valence-corrected chi connectivity index (χ4v) is 2.23. The molecule has 1 aromatic heterocycles. The summed E-state index contributed by atoms with van der Waals surface area (Å²) in [6, 6.07) is 6.11. The third kappa shape index (κ3) is 2.97. The molecule has 2 rings (SSSR count). The molecule has 0 amide bonds. The highest BCUT2D eigenvalue weighted by Gasteiger charge is 2.16. The van der Waals surface area contributed by atoms with Gasteiger partial charge in [-0.25, -0.2) is 14.4 Å². The van der Waals surface area contributed by atoms with Crippen molar-refractivity contribution in [1.29, 1.82) is 0 Å². The van der Waals surface area contributed by atoms with Crippen LogP contribution < -0.4 is 5.32 Å². The van der Waals surface area contributed by atoms with Crippen molar-refractivity contribution in [3.05, 3.63) is 46.4 Å². The summed E-state index contributed by atoms with van der Waals surface area (Å²) in [5, 5.41) is 13.6. The number of para-hydroxylation sites is 1. The fourth-order valence-electron chi connectivity index (χ4n) is 1.34. The highest BCUT2D eigenvalue weighted by molar-refractivity contribution is 7.99. The molecule has 0 bridgehead atoms. The van der Waals surface area contributed by atoms with Gasteiger partial charge in [0.1, 0.15) is 5.03 Å². The molecule has 0 atom stereocenters. The number of hydrogen-bond acceptors (Lipinski definition) is 6. The van der Waals surface area contributed by atoms with Gasteiger partial charge in [-0.05, 0) is 6.07 Å². The molecule has 0 aliphatic rings. The van der Waals surface area contributed by atoms with Gasteiger partial charge in [-0.1, -0.05) is 23.9 Å². The number of nitro groups is 1. The summed E-state index contributed by atoms with van der Waals surface area (Å²) >= 11 is 0.891. The summed E-state index contributed by atoms with van der Waals surface area (Å²) in [6.45, 7) is 0. The first kappa shape index (κ1) is 13.2. The van der Waals surface area contributed by atoms with Gasteiger partial charge >= 0.3 is 0 Å². The molecule has 1 N–H and O–H groups in total. The van der Waals surface area contributed by atoms with Crippen LogP contribution in [0.15, 0.2) is 40.4 Å². The molecule has 0 spiro atoms. The number of benzene rings is 1. The molecule has 19 heavy (non-hydrogen) atoms. The van der Waals surface area contributed by atoms with E-state index >= 15 is 0 Å². The van der Waals surface area contributed by atoms with Crippen LogP contribution in [0.5, 0.6) is 0 Å². The molecule has 0 unspecified atom stereocenters. The zero-order chi connectivity index (χ0) is 13.8. The van der Waals surface area contributed by atoms with Crippen LogP contribution in [0.1, 0.15) is 0 Å². The number of aromatic nitrogens is 2. The summed E-state index contributed by atoms with van der Waals surface area (Å²) in [7, 11) is 1.60. The van der Waals surface area contributed by atoms with E-state index in [0.29, 0.717) is 4.90 Å². The Hall–Kier alpha value is -2.22. The molecule has 98 valence electrons. The van der Waals surface area contributed by atoms with Gasteiger partial charge in [-0.2, -0.15) is 0 Å². The zero-order valence-corrected chi connectivity index (χ0v) is 10.6. The van der Waals surface area contributed by atoms with E-state index in [4.69, 9.17) is 0 Å². The molecular weight excluding hydrogens is 271 g/mol. The van der Waals surface area contributed by atoms with E-state index in [1.807, 2.05) is 0 Å². The Morgan fingerprint density at radius 1 is 1.42 bits per heavy atom. The topological polar surface area (TPSA) is 81.0 Å². The average Bonchev–Trinajstić information content (AvgIpc) is 2.41. The van der Waals surface area contributed by atoms with Crippen molar-refractivity contribution in [2.45, 2.75) is 9.92 Å². The van der Waals surface area contributed by atoms with Gasteiger partial charge < -0.3 is 5.32 Å². The van der Waals surface area contributed by atoms with Crippen LogP contribution in [0.2, 0.25) is 0 Å². The van der Waals surface area contributed by atoms with Crippen molar-refractivity contribution in [2.75, 3.05) is 12.4 Å². The first-order chi connectivity index (χ1) is 9.11. The van der Waals surface area contributed by atoms with Gasteiger partial charge in [0, 0.05) is 13.1 Å². The molecule has 0 aliphatic carbocycles. The molecule has 0 saturated carbocycles. The molecule has 6 nitrogen and oxygen atoms in total. The van der Waals surface area contributed by atoms with Crippen LogP contribution in [0.25, 0.3) is 0 Å². The molecule has 8 heteroatoms. The van der Waals surface area contributed by atoms with Crippen molar-refractivity contribution in [2.24, 2.45) is 0 Å². The van der Waals surface area contributed by atoms with Crippen LogP contribution in [-0.2, 0) is 0 Å². The number of rotatable bonds is 4. The predicted molar refractivity (Wildman–Crippen MR) is 68.8 cm³/mol. The third-order valence-electron chi connectivity index (χ3n) is 2.20. The van der Waals surface area contributed by atoms with E-state index in [-0.39, 0.29) is 16.7 Å². The number of anilines is 1. The van der Waals surface area contributed by atoms with Gasteiger partial charge in [0.05, 0.1) is 16.0 Å². The fraction of sp³-hybridized carbons (Fsp3) is 0.0909. The lowest BCUT2D eigenvalue weighted by atomic mass is 10.3. The second-order valence-electron chi connectivity index (χ2n) is 3.42. The lowest BCUT2D eigenvalue weighted by Crippen LogP contribution is -1.99. The Morgan fingerprint density at radius 3 is 2.84 bits per heavy atom. The van der Waals surface area contributed by atoms with E-state index in [1.165, 1.54) is 6.07 Å². The largest absolute Gasteiger partial charge is 0.357 e. The summed E-state index contributed by atoms with van der Waals surface area (Å²) in [6.07, 6.45) is 1.02. The maximum absolute atomic E-state index is 13.6. The first-order valence-electron chi connectivity index (χ1n) is 5.23. The van der Waals surface area contributed by atoms with Crippen molar-refractivity contribution in [1.82, 2.24) is 9.97 Å². The second-order valence-corrected chi connectivity index (χ2v) is 4.45. The Labute approximate surface area is 112 Å². The normalized spacial score (nSPS) is 10.2. The van der Waals surface area contributed by atoms with Crippen molar-refractivity contribution < 1.29 is 9.31 Å². The number of nitrogens with one attached hydrogen (secondary N) is 1. The van der Waals surface area contributed by atoms with Gasteiger partial charge in [0.25, 0.3) is 5.69 Å². The highest BCUT2D eigenvalue weighted by Crippen LogP contribution is 2.34. The predicted octanol–water partition coefficient (Wildman–Crippen LogP) is 2.72. The van der Waals surface area contributed by atoms with E-state index in [9.17, 15) is 14.5 Å². The van der Waals surface area contributed by atoms with E-state index in [1.54, 1.807) is 25.2 Å². The van der Waals surface area contributed by atoms with Crippen LogP contribution in [0, 0.1) is 15.9 Å². The third-order valence-corrected chi connectivity index (χ3v) is 3.25. The summed E-state index contributed by atoms with van der Waals surface area (Å²) < 4.78 is 13.6. The number of halogens is 1. The average molecular weight is 280 g/mol. The van der Waals surface area contributed by atoms with E-state index in [2.05, 4.69) is 15.3 Å². The lowest BCUT2D eigenvalue weighted by Gasteiger charge is -2.04. The molecule has 1 heterocycles. The Kier molecular flexibility index (Phi) is 3.91. The summed E-state index contributed by atoms with van der Waals surface area (Å²) in [5.41, 5.74) is -0.0866. The lowest BCUT2D eigenvalue weighted by molar-refractivity contribution is -0.387. The number of nitro benzene ring substituents is 1. The molecule has 2 aromatic rings. The maximum atomic E-state index is 13.6. The van der Waals surface area contributed by atoms with E-state index in [0.717, 1.165) is 18.0 Å². The Morgan fingerprint density at radius 2 is 2.16 bits per heavy atom. The van der Waals surface area contributed by atoms with Crippen LogP contribution >= 0.6 is 11.8 Å². The summed E-state index contributed by atoms with van der Waals surface area (Å²) in [4.78, 5) is 18.3. The van der Waals surface area contributed by atoms with Gasteiger partial charge in [-0.15, -0.1) is 0 Å². The molecule has 0 saturated heterocycles. The summed E-state index contributed by atoms with van der Waals surface area (Å²) in [5.74, 6) is -0.371. The van der Waals surface area contributed by atoms with Crippen LogP contribution in [-0.4, -0.2) is 21.9 Å². The van der Waals surface area contributed by atoms with Crippen LogP contribution in [0.4, 0.5) is 16.0 Å². The van der Waals surface area contributed by atoms with Gasteiger partial charge in [0.2, 0.25) is 5.95 Å². The minimum absolute atomic E-state index is 0.0358. The minimum atomic E-state index is -0.623. The molecule has 0 radical (unpaired) electrons. The SMILES string of the molecule is CNc1ncc(F)c(Sc2ccccc2[N+](=O)[O-])n1. The quantitative estimate of drug-likeness (QED) is 0.527. The van der Waals surface area contributed by atoms with Crippen molar-refractivity contribution >= 4 is 23.4 Å². The van der Waals surface area contributed by atoms with Crippen molar-refractivity contribution in [3.63, 3.8) is 0 Å². The minimum Gasteiger partial charge on any atom is -0.357 e.